The van der Waals surface area contributed by atoms with Gasteiger partial charge in [-0.3, -0.25) is 14.5 Å². The van der Waals surface area contributed by atoms with E-state index >= 15 is 0 Å². The number of amides is 3. The molecule has 1 N–H and O–H groups in total. The van der Waals surface area contributed by atoms with E-state index in [1.54, 1.807) is 25.1 Å². The lowest BCUT2D eigenvalue weighted by atomic mass is 9.92. The third-order valence-electron chi connectivity index (χ3n) is 4.90. The summed E-state index contributed by atoms with van der Waals surface area (Å²) in [4.78, 5) is 39.0. The first kappa shape index (κ1) is 22.1. The zero-order chi connectivity index (χ0) is 23.0. The predicted octanol–water partition coefficient (Wildman–Crippen LogP) is 3.55. The van der Waals surface area contributed by atoms with Gasteiger partial charge in [-0.05, 0) is 43.7 Å². The van der Waals surface area contributed by atoms with E-state index in [0.717, 1.165) is 22.6 Å². The number of rotatable bonds is 6. The average molecular weight is 436 g/mol. The van der Waals surface area contributed by atoms with Crippen LogP contribution in [0.1, 0.15) is 28.4 Å². The Bertz CT molecular complexity index is 1040. The largest absolute Gasteiger partial charge is 0.573 e. The van der Waals surface area contributed by atoms with Gasteiger partial charge in [0.15, 0.2) is 5.78 Å². The number of benzene rings is 2. The molecule has 0 spiro atoms. The number of hydrogen-bond donors (Lipinski definition) is 1. The minimum absolute atomic E-state index is 0.227. The van der Waals surface area contributed by atoms with Crippen LogP contribution in [0.4, 0.5) is 18.0 Å². The smallest absolute Gasteiger partial charge is 0.496 e. The number of halogens is 3. The van der Waals surface area contributed by atoms with Gasteiger partial charge in [-0.1, -0.05) is 23.8 Å². The summed E-state index contributed by atoms with van der Waals surface area (Å²) >= 11 is 0. The van der Waals surface area contributed by atoms with E-state index < -0.39 is 41.9 Å². The van der Waals surface area contributed by atoms with E-state index in [1.165, 1.54) is 26.2 Å². The molecule has 164 valence electrons. The first-order valence-electron chi connectivity index (χ1n) is 9.13. The maximum Gasteiger partial charge on any atom is 0.573 e. The van der Waals surface area contributed by atoms with Crippen molar-refractivity contribution in [1.29, 1.82) is 0 Å². The molecule has 2 aromatic carbocycles. The molecule has 1 saturated heterocycles. The highest BCUT2D eigenvalue weighted by molar-refractivity contribution is 6.11. The third kappa shape index (κ3) is 4.47. The van der Waals surface area contributed by atoms with Gasteiger partial charge in [0.1, 0.15) is 17.0 Å². The SMILES string of the molecule is COc1ccc(C)cc1C(=O)CN1C(=O)NC(C)(c2ccc(OC(F)(F)F)cc2)C1=O. The molecule has 10 heteroatoms. The van der Waals surface area contributed by atoms with Gasteiger partial charge in [0, 0.05) is 0 Å². The fraction of sp³-hybridized carbons (Fsp3) is 0.286. The number of hydrogen-bond acceptors (Lipinski definition) is 5. The molecule has 0 saturated carbocycles. The van der Waals surface area contributed by atoms with Crippen molar-refractivity contribution < 1.29 is 37.0 Å². The zero-order valence-corrected chi connectivity index (χ0v) is 16.9. The second-order valence-electron chi connectivity index (χ2n) is 7.15. The zero-order valence-electron chi connectivity index (χ0n) is 16.9. The number of nitrogens with one attached hydrogen (secondary N) is 1. The Morgan fingerprint density at radius 2 is 1.77 bits per heavy atom. The first-order valence-corrected chi connectivity index (χ1v) is 9.13. The van der Waals surface area contributed by atoms with Gasteiger partial charge >= 0.3 is 12.4 Å². The number of aryl methyl sites for hydroxylation is 1. The van der Waals surface area contributed by atoms with Crippen molar-refractivity contribution in [3.05, 3.63) is 59.2 Å². The fourth-order valence-electron chi connectivity index (χ4n) is 3.29. The lowest BCUT2D eigenvalue weighted by molar-refractivity contribution is -0.274. The number of carbonyl (C=O) groups is 3. The third-order valence-corrected chi connectivity index (χ3v) is 4.90. The topological polar surface area (TPSA) is 84.9 Å². The van der Waals surface area contributed by atoms with Crippen LogP contribution in [-0.4, -0.2) is 42.6 Å². The number of ketones is 1. The van der Waals surface area contributed by atoms with Crippen molar-refractivity contribution in [2.24, 2.45) is 0 Å². The molecule has 2 aromatic rings. The fourth-order valence-corrected chi connectivity index (χ4v) is 3.29. The molecule has 0 radical (unpaired) electrons. The second kappa shape index (κ2) is 7.93. The van der Waals surface area contributed by atoms with Crippen LogP contribution < -0.4 is 14.8 Å². The number of urea groups is 1. The lowest BCUT2D eigenvalue weighted by Crippen LogP contribution is -2.41. The monoisotopic (exact) mass is 436 g/mol. The van der Waals surface area contributed by atoms with E-state index in [4.69, 9.17) is 4.74 Å². The maximum atomic E-state index is 13.0. The summed E-state index contributed by atoms with van der Waals surface area (Å²) in [6, 6.07) is 8.75. The van der Waals surface area contributed by atoms with Gasteiger partial charge in [0.25, 0.3) is 5.91 Å². The van der Waals surface area contributed by atoms with E-state index in [-0.39, 0.29) is 11.1 Å². The first-order chi connectivity index (χ1) is 14.4. The summed E-state index contributed by atoms with van der Waals surface area (Å²) in [5, 5.41) is 2.50. The molecule has 0 bridgehead atoms. The van der Waals surface area contributed by atoms with Crippen LogP contribution in [0.25, 0.3) is 0 Å². The molecule has 1 heterocycles. The molecular weight excluding hydrogens is 417 g/mol. The van der Waals surface area contributed by atoms with Gasteiger partial charge in [0.2, 0.25) is 0 Å². The molecule has 1 unspecified atom stereocenters. The summed E-state index contributed by atoms with van der Waals surface area (Å²) in [5.41, 5.74) is -0.286. The number of methoxy groups -OCH3 is 1. The Morgan fingerprint density at radius 1 is 1.13 bits per heavy atom. The number of ether oxygens (including phenoxy) is 2. The minimum atomic E-state index is -4.85. The Balaban J connectivity index is 1.82. The Labute approximate surface area is 175 Å². The molecule has 1 aliphatic heterocycles. The number of Topliss-reactive ketones (excluding diaryl/α,β-unsaturated/α-hetero) is 1. The Hall–Kier alpha value is -3.56. The summed E-state index contributed by atoms with van der Waals surface area (Å²) < 4.78 is 46.0. The van der Waals surface area contributed by atoms with Crippen LogP contribution in [0, 0.1) is 6.92 Å². The molecule has 1 fully saturated rings. The van der Waals surface area contributed by atoms with Gasteiger partial charge in [0.05, 0.1) is 19.2 Å². The maximum absolute atomic E-state index is 13.0. The molecule has 0 aromatic heterocycles. The van der Waals surface area contributed by atoms with E-state index in [2.05, 4.69) is 10.1 Å². The molecule has 31 heavy (non-hydrogen) atoms. The van der Waals surface area contributed by atoms with Gasteiger partial charge in [-0.25, -0.2) is 4.79 Å². The van der Waals surface area contributed by atoms with Crippen LogP contribution in [0.3, 0.4) is 0 Å². The Morgan fingerprint density at radius 3 is 2.35 bits per heavy atom. The minimum Gasteiger partial charge on any atom is -0.496 e. The molecule has 1 atom stereocenters. The van der Waals surface area contributed by atoms with Crippen molar-refractivity contribution in [1.82, 2.24) is 10.2 Å². The van der Waals surface area contributed by atoms with Crippen LogP contribution >= 0.6 is 0 Å². The van der Waals surface area contributed by atoms with Gasteiger partial charge < -0.3 is 14.8 Å². The lowest BCUT2D eigenvalue weighted by Gasteiger charge is -2.22. The van der Waals surface area contributed by atoms with E-state index in [0.29, 0.717) is 5.75 Å². The highest BCUT2D eigenvalue weighted by Crippen LogP contribution is 2.32. The molecular formula is C21H19F3N2O5. The number of nitrogens with zero attached hydrogens (tertiary/aromatic N) is 1. The van der Waals surface area contributed by atoms with Gasteiger partial charge in [-0.15, -0.1) is 13.2 Å². The number of imide groups is 1. The van der Waals surface area contributed by atoms with E-state index in [1.807, 2.05) is 0 Å². The van der Waals surface area contributed by atoms with E-state index in [9.17, 15) is 27.6 Å². The molecule has 0 aliphatic carbocycles. The van der Waals surface area contributed by atoms with Crippen molar-refractivity contribution in [3.63, 3.8) is 0 Å². The van der Waals surface area contributed by atoms with Crippen molar-refractivity contribution in [3.8, 4) is 11.5 Å². The van der Waals surface area contributed by atoms with Crippen LogP contribution in [0.15, 0.2) is 42.5 Å². The normalized spacial score (nSPS) is 18.7. The number of carbonyl (C=O) groups excluding carboxylic acids is 3. The predicted molar refractivity (Wildman–Crippen MR) is 103 cm³/mol. The highest BCUT2D eigenvalue weighted by Gasteiger charge is 2.49. The highest BCUT2D eigenvalue weighted by atomic mass is 19.4. The van der Waals surface area contributed by atoms with Crippen LogP contribution in [0.5, 0.6) is 11.5 Å². The van der Waals surface area contributed by atoms with Crippen LogP contribution in [-0.2, 0) is 10.3 Å². The summed E-state index contributed by atoms with van der Waals surface area (Å²) in [5.74, 6) is -1.36. The second-order valence-corrected chi connectivity index (χ2v) is 7.15. The van der Waals surface area contributed by atoms with Crippen molar-refractivity contribution in [2.45, 2.75) is 25.7 Å². The quantitative estimate of drug-likeness (QED) is 0.553. The summed E-state index contributed by atoms with van der Waals surface area (Å²) in [6.45, 7) is 2.67. The molecule has 7 nitrogen and oxygen atoms in total. The van der Waals surface area contributed by atoms with Gasteiger partial charge in [-0.2, -0.15) is 0 Å². The Kier molecular flexibility index (Phi) is 5.66. The summed E-state index contributed by atoms with van der Waals surface area (Å²) in [7, 11) is 1.40. The standard InChI is InChI=1S/C21H19F3N2O5/c1-12-4-9-17(30-3)15(10-12)16(27)11-26-18(28)20(2,25-19(26)29)13-5-7-14(8-6-13)31-21(22,23)24/h4-10H,11H2,1-3H3,(H,25,29). The van der Waals surface area contributed by atoms with Crippen molar-refractivity contribution in [2.75, 3.05) is 13.7 Å². The van der Waals surface area contributed by atoms with Crippen molar-refractivity contribution >= 4 is 17.7 Å². The molecule has 3 amide bonds. The molecule has 1 aliphatic rings. The summed E-state index contributed by atoms with van der Waals surface area (Å²) in [6.07, 6.45) is -4.85. The van der Waals surface area contributed by atoms with Crippen LogP contribution in [0.2, 0.25) is 0 Å². The molecule has 3 rings (SSSR count). The number of alkyl halides is 3. The average Bonchev–Trinajstić information content (AvgIpc) is 2.91.